The number of benzene rings is 1. The largest absolute Gasteiger partial charge is 0.497 e. The molecule has 1 aliphatic heterocycles. The van der Waals surface area contributed by atoms with Crippen LogP contribution < -0.4 is 15.4 Å². The van der Waals surface area contributed by atoms with E-state index in [1.54, 1.807) is 7.11 Å². The van der Waals surface area contributed by atoms with Crippen LogP contribution >= 0.6 is 11.3 Å². The monoisotopic (exact) mass is 332 g/mol. The van der Waals surface area contributed by atoms with E-state index in [1.807, 2.05) is 24.3 Å². The second-order valence-corrected chi connectivity index (χ2v) is 6.64. The highest BCUT2D eigenvalue weighted by molar-refractivity contribution is 7.15. The Balaban J connectivity index is 1.55. The molecule has 1 amide bonds. The first kappa shape index (κ1) is 15.9. The first-order valence-electron chi connectivity index (χ1n) is 7.71. The van der Waals surface area contributed by atoms with Crippen LogP contribution in [0.25, 0.3) is 0 Å². The Kier molecular flexibility index (Phi) is 5.19. The second-order valence-electron chi connectivity index (χ2n) is 5.57. The van der Waals surface area contributed by atoms with Crippen molar-refractivity contribution >= 4 is 22.4 Å². The van der Waals surface area contributed by atoms with E-state index in [0.29, 0.717) is 24.0 Å². The predicted molar refractivity (Wildman–Crippen MR) is 90.0 cm³/mol. The average Bonchev–Trinajstić information content (AvgIpc) is 3.20. The van der Waals surface area contributed by atoms with Crippen LogP contribution in [-0.4, -0.2) is 35.8 Å². The van der Waals surface area contributed by atoms with Gasteiger partial charge in [0, 0.05) is 18.9 Å². The van der Waals surface area contributed by atoms with Gasteiger partial charge in [0.25, 0.3) is 0 Å². The zero-order valence-electron chi connectivity index (χ0n) is 13.0. The highest BCUT2D eigenvalue weighted by Crippen LogP contribution is 2.21. The minimum atomic E-state index is -0.00604. The Bertz CT molecular complexity index is 668. The highest BCUT2D eigenvalue weighted by Gasteiger charge is 2.18. The number of nitrogens with zero attached hydrogens (tertiary/aromatic N) is 2. The van der Waals surface area contributed by atoms with Crippen molar-refractivity contribution in [3.05, 3.63) is 34.8 Å². The van der Waals surface area contributed by atoms with Crippen LogP contribution in [-0.2, 0) is 11.2 Å². The Morgan fingerprint density at radius 3 is 3.17 bits per heavy atom. The molecule has 3 rings (SSSR count). The summed E-state index contributed by atoms with van der Waals surface area (Å²) in [5, 5.41) is 15.8. The van der Waals surface area contributed by atoms with Crippen molar-refractivity contribution in [3.63, 3.8) is 0 Å². The van der Waals surface area contributed by atoms with Gasteiger partial charge >= 0.3 is 0 Å². The van der Waals surface area contributed by atoms with E-state index in [2.05, 4.69) is 20.8 Å². The maximum Gasteiger partial charge on any atom is 0.227 e. The summed E-state index contributed by atoms with van der Waals surface area (Å²) in [7, 11) is 1.65. The molecule has 1 fully saturated rings. The summed E-state index contributed by atoms with van der Waals surface area (Å²) < 4.78 is 5.22. The first-order chi connectivity index (χ1) is 11.2. The van der Waals surface area contributed by atoms with E-state index in [9.17, 15) is 4.79 Å². The van der Waals surface area contributed by atoms with Crippen molar-refractivity contribution < 1.29 is 9.53 Å². The van der Waals surface area contributed by atoms with Gasteiger partial charge in [0.15, 0.2) is 0 Å². The van der Waals surface area contributed by atoms with Gasteiger partial charge in [-0.2, -0.15) is 0 Å². The van der Waals surface area contributed by atoms with Crippen molar-refractivity contribution in [1.29, 1.82) is 0 Å². The Morgan fingerprint density at radius 1 is 1.48 bits per heavy atom. The lowest BCUT2D eigenvalue weighted by atomic mass is 10.1. The molecule has 0 saturated carbocycles. The van der Waals surface area contributed by atoms with Crippen molar-refractivity contribution in [2.45, 2.75) is 31.7 Å². The average molecular weight is 332 g/mol. The number of ether oxygens (including phenoxy) is 1. The van der Waals surface area contributed by atoms with Crippen LogP contribution in [0.4, 0.5) is 5.13 Å². The second kappa shape index (κ2) is 7.52. The van der Waals surface area contributed by atoms with E-state index in [0.717, 1.165) is 35.7 Å². The molecule has 1 saturated heterocycles. The molecule has 1 atom stereocenters. The normalized spacial score (nSPS) is 17.2. The van der Waals surface area contributed by atoms with E-state index in [4.69, 9.17) is 4.74 Å². The van der Waals surface area contributed by atoms with Crippen molar-refractivity contribution in [2.24, 2.45) is 0 Å². The van der Waals surface area contributed by atoms with Gasteiger partial charge in [0.2, 0.25) is 11.0 Å². The number of amides is 1. The van der Waals surface area contributed by atoms with E-state index in [1.165, 1.54) is 11.3 Å². The van der Waals surface area contributed by atoms with Crippen LogP contribution in [0.3, 0.4) is 0 Å². The van der Waals surface area contributed by atoms with Gasteiger partial charge in [-0.1, -0.05) is 23.5 Å². The third-order valence-corrected chi connectivity index (χ3v) is 4.64. The molecule has 1 unspecified atom stereocenters. The zero-order valence-corrected chi connectivity index (χ0v) is 13.9. The number of aromatic nitrogens is 2. The maximum absolute atomic E-state index is 12.0. The topological polar surface area (TPSA) is 76.1 Å². The van der Waals surface area contributed by atoms with Crippen LogP contribution in [0.2, 0.25) is 0 Å². The molecule has 2 aromatic rings. The summed E-state index contributed by atoms with van der Waals surface area (Å²) >= 11 is 1.41. The number of carbonyl (C=O) groups is 1. The number of anilines is 1. The lowest BCUT2D eigenvalue weighted by Crippen LogP contribution is -2.27. The van der Waals surface area contributed by atoms with Crippen molar-refractivity contribution in [2.75, 3.05) is 19.0 Å². The van der Waals surface area contributed by atoms with Gasteiger partial charge in [0.1, 0.15) is 10.8 Å². The van der Waals surface area contributed by atoms with Crippen molar-refractivity contribution in [1.82, 2.24) is 15.5 Å². The summed E-state index contributed by atoms with van der Waals surface area (Å²) in [6, 6.07) is 8.15. The van der Waals surface area contributed by atoms with Crippen LogP contribution in [0.1, 0.15) is 29.8 Å². The fraction of sp³-hybridized carbons (Fsp3) is 0.438. The van der Waals surface area contributed by atoms with Crippen LogP contribution in [0, 0.1) is 0 Å². The molecule has 23 heavy (non-hydrogen) atoms. The molecule has 0 radical (unpaired) electrons. The van der Waals surface area contributed by atoms with E-state index in [-0.39, 0.29) is 5.91 Å². The van der Waals surface area contributed by atoms with Crippen LogP contribution in [0.15, 0.2) is 24.3 Å². The lowest BCUT2D eigenvalue weighted by molar-refractivity contribution is -0.116. The Hall–Kier alpha value is -1.99. The zero-order chi connectivity index (χ0) is 16.1. The predicted octanol–water partition coefficient (Wildman–Crippen LogP) is 2.22. The molecule has 1 aromatic heterocycles. The van der Waals surface area contributed by atoms with E-state index < -0.39 is 0 Å². The summed E-state index contributed by atoms with van der Waals surface area (Å²) in [5.41, 5.74) is 1.11. The standard InChI is InChI=1S/C16H20N4O2S/c1-22-13-6-2-4-11(8-13)9-15-19-20-16(23-15)18-14(21)10-12-5-3-7-17-12/h2,4,6,8,12,17H,3,5,7,9-10H2,1H3,(H,18,20,21). The molecular formula is C16H20N4O2S. The van der Waals surface area contributed by atoms with E-state index >= 15 is 0 Å². The molecule has 2 heterocycles. The fourth-order valence-electron chi connectivity index (χ4n) is 2.66. The van der Waals surface area contributed by atoms with Crippen molar-refractivity contribution in [3.8, 4) is 5.75 Å². The molecule has 0 bridgehead atoms. The Morgan fingerprint density at radius 2 is 2.39 bits per heavy atom. The summed E-state index contributed by atoms with van der Waals surface area (Å²) in [4.78, 5) is 12.0. The molecule has 2 N–H and O–H groups in total. The minimum absolute atomic E-state index is 0.00604. The highest BCUT2D eigenvalue weighted by atomic mass is 32.1. The summed E-state index contributed by atoms with van der Waals surface area (Å²) in [6.07, 6.45) is 3.37. The number of hydrogen-bond acceptors (Lipinski definition) is 6. The Labute approximate surface area is 139 Å². The SMILES string of the molecule is COc1cccc(Cc2nnc(NC(=O)CC3CCCN3)s2)c1. The molecule has 1 aromatic carbocycles. The van der Waals surface area contributed by atoms with Gasteiger partial charge in [-0.15, -0.1) is 10.2 Å². The smallest absolute Gasteiger partial charge is 0.227 e. The molecule has 0 spiro atoms. The number of hydrogen-bond donors (Lipinski definition) is 2. The number of methoxy groups -OCH3 is 1. The molecule has 6 nitrogen and oxygen atoms in total. The lowest BCUT2D eigenvalue weighted by Gasteiger charge is -2.08. The van der Waals surface area contributed by atoms with Crippen LogP contribution in [0.5, 0.6) is 5.75 Å². The third-order valence-electron chi connectivity index (χ3n) is 3.80. The first-order valence-corrected chi connectivity index (χ1v) is 8.53. The summed E-state index contributed by atoms with van der Waals surface area (Å²) in [6.45, 7) is 1.00. The summed E-state index contributed by atoms with van der Waals surface area (Å²) in [5.74, 6) is 0.818. The number of rotatable bonds is 6. The number of nitrogens with one attached hydrogen (secondary N) is 2. The number of carbonyl (C=O) groups excluding carboxylic acids is 1. The molecule has 1 aliphatic rings. The molecule has 0 aliphatic carbocycles. The van der Waals surface area contributed by atoms with Gasteiger partial charge in [0.05, 0.1) is 7.11 Å². The fourth-order valence-corrected chi connectivity index (χ4v) is 3.45. The molecule has 7 heteroatoms. The quantitative estimate of drug-likeness (QED) is 0.848. The maximum atomic E-state index is 12.0. The molecular weight excluding hydrogens is 312 g/mol. The van der Waals surface area contributed by atoms with Gasteiger partial charge in [-0.05, 0) is 37.1 Å². The van der Waals surface area contributed by atoms with Gasteiger partial charge in [-0.3, -0.25) is 4.79 Å². The third kappa shape index (κ3) is 4.49. The van der Waals surface area contributed by atoms with Gasteiger partial charge in [-0.25, -0.2) is 0 Å². The van der Waals surface area contributed by atoms with Gasteiger partial charge < -0.3 is 15.4 Å². The molecule has 122 valence electrons. The minimum Gasteiger partial charge on any atom is -0.497 e.